The van der Waals surface area contributed by atoms with Crippen molar-refractivity contribution in [1.82, 2.24) is 9.80 Å². The molecule has 4 amide bonds. The van der Waals surface area contributed by atoms with Gasteiger partial charge in [-0.2, -0.15) is 4.21 Å². The Morgan fingerprint density at radius 1 is 1.00 bits per heavy atom. The topological polar surface area (TPSA) is 181 Å². The predicted molar refractivity (Wildman–Crippen MR) is 170 cm³/mol. The largest absolute Gasteiger partial charge is 0.495 e. The summed E-state index contributed by atoms with van der Waals surface area (Å²) < 4.78 is 32.5. The van der Waals surface area contributed by atoms with Crippen LogP contribution in [0.3, 0.4) is 0 Å². The van der Waals surface area contributed by atoms with Gasteiger partial charge in [-0.3, -0.25) is 23.9 Å². The number of carbonyl (C=O) groups excluding carboxylic acids is 4. The highest BCUT2D eigenvalue weighted by molar-refractivity contribution is 7.82. The molecule has 0 saturated carbocycles. The molecule has 0 radical (unpaired) electrons. The first-order chi connectivity index (χ1) is 21.9. The van der Waals surface area contributed by atoms with Crippen LogP contribution in [0, 0.1) is 6.92 Å². The molecule has 2 atom stereocenters. The zero-order valence-corrected chi connectivity index (χ0v) is 27.1. The third-order valence-corrected chi connectivity index (χ3v) is 7.70. The predicted octanol–water partition coefficient (Wildman–Crippen LogP) is 4.06. The molecule has 1 saturated heterocycles. The maximum atomic E-state index is 13.3. The number of urea groups is 1. The van der Waals surface area contributed by atoms with Crippen molar-refractivity contribution in [3.8, 4) is 17.2 Å². The van der Waals surface area contributed by atoms with Gasteiger partial charge in [0.15, 0.2) is 23.3 Å². The Kier molecular flexibility index (Phi) is 13.4. The van der Waals surface area contributed by atoms with Gasteiger partial charge in [-0.25, -0.2) is 9.69 Å². The number of anilines is 2. The highest BCUT2D eigenvalue weighted by Crippen LogP contribution is 2.31. The number of carbonyl (C=O) groups is 5. The number of aryl methyl sites for hydroxylation is 1. The van der Waals surface area contributed by atoms with Gasteiger partial charge in [-0.15, -0.1) is 0 Å². The van der Waals surface area contributed by atoms with Gasteiger partial charge in [-0.1, -0.05) is 45.1 Å². The van der Waals surface area contributed by atoms with E-state index in [1.807, 2.05) is 13.0 Å². The van der Waals surface area contributed by atoms with Crippen molar-refractivity contribution in [1.29, 1.82) is 0 Å². The Morgan fingerprint density at radius 2 is 1.70 bits per heavy atom. The number of ether oxygens (including phenoxy) is 2. The van der Waals surface area contributed by atoms with Crippen LogP contribution >= 0.6 is 0 Å². The number of ketones is 1. The van der Waals surface area contributed by atoms with Crippen molar-refractivity contribution < 1.29 is 46.9 Å². The van der Waals surface area contributed by atoms with E-state index in [-0.39, 0.29) is 22.9 Å². The van der Waals surface area contributed by atoms with Gasteiger partial charge >= 0.3 is 23.3 Å². The minimum atomic E-state index is -2.11. The number of nitrogens with one attached hydrogen (secondary N) is 2. The second kappa shape index (κ2) is 17.1. The number of imide groups is 1. The number of amides is 4. The molecule has 3 rings (SSSR count). The van der Waals surface area contributed by atoms with Crippen molar-refractivity contribution in [2.24, 2.45) is 0 Å². The first-order valence-corrected chi connectivity index (χ1v) is 15.9. The second-order valence-electron chi connectivity index (χ2n) is 10.7. The number of carboxylic acids is 1. The van der Waals surface area contributed by atoms with E-state index in [2.05, 4.69) is 17.0 Å². The molecule has 1 fully saturated rings. The fourth-order valence-electron chi connectivity index (χ4n) is 4.72. The molecule has 15 heteroatoms. The SMILES string of the molecule is CCCCCCCCOc1ccc(C)cc1OS(=O)Nc1ccc(OC)c(NC(=O)C(C(C)=O)N2C(=O)CN(CC(=O)O)C2=O)c1. The zero-order valence-electron chi connectivity index (χ0n) is 26.3. The molecule has 1 aliphatic heterocycles. The Morgan fingerprint density at radius 3 is 2.37 bits per heavy atom. The molecule has 46 heavy (non-hydrogen) atoms. The van der Waals surface area contributed by atoms with Gasteiger partial charge in [-0.05, 0) is 56.2 Å². The Labute approximate surface area is 270 Å². The van der Waals surface area contributed by atoms with E-state index in [1.54, 1.807) is 12.1 Å². The van der Waals surface area contributed by atoms with Crippen molar-refractivity contribution in [2.75, 3.05) is 36.8 Å². The highest BCUT2D eigenvalue weighted by Gasteiger charge is 2.46. The van der Waals surface area contributed by atoms with Gasteiger partial charge in [0, 0.05) is 0 Å². The number of rotatable bonds is 19. The molecule has 3 N–H and O–H groups in total. The number of benzene rings is 2. The lowest BCUT2D eigenvalue weighted by Gasteiger charge is -2.23. The minimum Gasteiger partial charge on any atom is -0.495 e. The van der Waals surface area contributed by atoms with E-state index in [0.29, 0.717) is 22.2 Å². The van der Waals surface area contributed by atoms with Crippen LogP contribution in [0.25, 0.3) is 0 Å². The van der Waals surface area contributed by atoms with Crippen LogP contribution in [0.15, 0.2) is 36.4 Å². The molecule has 2 aromatic rings. The molecule has 0 bridgehead atoms. The van der Waals surface area contributed by atoms with E-state index in [0.717, 1.165) is 31.7 Å². The van der Waals surface area contributed by atoms with E-state index >= 15 is 0 Å². The summed E-state index contributed by atoms with van der Waals surface area (Å²) in [5.74, 6) is -3.24. The van der Waals surface area contributed by atoms with Crippen LogP contribution in [0.4, 0.5) is 16.2 Å². The molecule has 2 aromatic carbocycles. The third-order valence-electron chi connectivity index (χ3n) is 6.97. The molecular weight excluding hydrogens is 620 g/mol. The zero-order chi connectivity index (χ0) is 33.8. The fraction of sp³-hybridized carbons (Fsp3) is 0.452. The fourth-order valence-corrected chi connectivity index (χ4v) is 5.38. The average Bonchev–Trinajstić information content (AvgIpc) is 3.25. The number of aliphatic carboxylic acids is 1. The average molecular weight is 661 g/mol. The van der Waals surface area contributed by atoms with Crippen molar-refractivity contribution >= 4 is 52.2 Å². The summed E-state index contributed by atoms with van der Waals surface area (Å²) in [5, 5.41) is 11.5. The van der Waals surface area contributed by atoms with Crippen LogP contribution in [0.1, 0.15) is 57.9 Å². The molecular formula is C31H40N4O10S. The van der Waals surface area contributed by atoms with E-state index in [9.17, 15) is 28.2 Å². The standard InChI is InChI=1S/C31H40N4O10S/c1-5-6-7-8-9-10-15-44-25-13-11-20(2)16-26(25)45-46(42)33-22-12-14-24(43-4)23(17-22)32-30(40)29(21(3)36)35-27(37)18-34(31(35)41)19-28(38)39/h11-14,16-17,29,33H,5-10,15,18-19H2,1-4H3,(H,32,40)(H,38,39). The molecule has 0 aromatic heterocycles. The minimum absolute atomic E-state index is 0.0285. The summed E-state index contributed by atoms with van der Waals surface area (Å²) in [6.07, 6.45) is 6.66. The molecule has 1 heterocycles. The molecule has 14 nitrogen and oxygen atoms in total. The lowest BCUT2D eigenvalue weighted by Crippen LogP contribution is -2.52. The smallest absolute Gasteiger partial charge is 0.328 e. The first kappa shape index (κ1) is 35.8. The van der Waals surface area contributed by atoms with Crippen LogP contribution < -0.4 is 23.7 Å². The van der Waals surface area contributed by atoms with Crippen LogP contribution in [0.2, 0.25) is 0 Å². The summed E-state index contributed by atoms with van der Waals surface area (Å²) in [7, 11) is 1.34. The van der Waals surface area contributed by atoms with Gasteiger partial charge in [0.2, 0.25) is 0 Å². The second-order valence-corrected chi connectivity index (χ2v) is 11.5. The molecule has 250 valence electrons. The summed E-state index contributed by atoms with van der Waals surface area (Å²) in [6.45, 7) is 4.17. The number of hydrogen-bond acceptors (Lipinski definition) is 9. The van der Waals surface area contributed by atoms with Crippen LogP contribution in [0.5, 0.6) is 17.2 Å². The summed E-state index contributed by atoms with van der Waals surface area (Å²) in [6, 6.07) is 6.71. The van der Waals surface area contributed by atoms with Crippen molar-refractivity contribution in [3.05, 3.63) is 42.0 Å². The van der Waals surface area contributed by atoms with Crippen LogP contribution in [-0.4, -0.2) is 81.6 Å². The van der Waals surface area contributed by atoms with Crippen molar-refractivity contribution in [2.45, 2.75) is 65.3 Å². The maximum Gasteiger partial charge on any atom is 0.328 e. The maximum absolute atomic E-state index is 13.3. The number of hydrogen-bond donors (Lipinski definition) is 3. The van der Waals surface area contributed by atoms with E-state index in [4.69, 9.17) is 18.8 Å². The Hall–Kier alpha value is -4.66. The van der Waals surface area contributed by atoms with Crippen LogP contribution in [-0.2, 0) is 30.4 Å². The lowest BCUT2D eigenvalue weighted by atomic mass is 10.1. The first-order valence-electron chi connectivity index (χ1n) is 14.9. The lowest BCUT2D eigenvalue weighted by molar-refractivity contribution is -0.139. The van der Waals surface area contributed by atoms with Crippen molar-refractivity contribution in [3.63, 3.8) is 0 Å². The van der Waals surface area contributed by atoms with E-state index in [1.165, 1.54) is 44.6 Å². The molecule has 1 aliphatic rings. The van der Waals surface area contributed by atoms with Gasteiger partial charge < -0.3 is 29.0 Å². The van der Waals surface area contributed by atoms with E-state index < -0.39 is 60.0 Å². The monoisotopic (exact) mass is 660 g/mol. The number of carboxylic acid groups (broad SMARTS) is 1. The number of methoxy groups -OCH3 is 1. The summed E-state index contributed by atoms with van der Waals surface area (Å²) in [5.41, 5.74) is 1.13. The summed E-state index contributed by atoms with van der Waals surface area (Å²) >= 11 is -2.11. The summed E-state index contributed by atoms with van der Waals surface area (Å²) in [4.78, 5) is 63.2. The Balaban J connectivity index is 1.70. The molecule has 0 aliphatic carbocycles. The Bertz CT molecular complexity index is 1470. The third kappa shape index (κ3) is 9.92. The quantitative estimate of drug-likeness (QED) is 0.113. The number of Topliss-reactive ketones (excluding diaryl/α,β-unsaturated/α-hetero) is 1. The van der Waals surface area contributed by atoms with Gasteiger partial charge in [0.05, 0.1) is 25.1 Å². The number of nitrogens with zero attached hydrogens (tertiary/aromatic N) is 2. The molecule has 2 unspecified atom stereocenters. The van der Waals surface area contributed by atoms with Gasteiger partial charge in [0.1, 0.15) is 18.8 Å². The molecule has 0 spiro atoms. The normalized spacial score (nSPS) is 14.1. The van der Waals surface area contributed by atoms with Gasteiger partial charge in [0.25, 0.3) is 11.8 Å². The number of unbranched alkanes of at least 4 members (excludes halogenated alkanes) is 5. The highest BCUT2D eigenvalue weighted by atomic mass is 32.2.